The van der Waals surface area contributed by atoms with E-state index in [1.54, 1.807) is 11.0 Å². The molecular weight excluding hydrogens is 295 g/mol. The lowest BCUT2D eigenvalue weighted by Gasteiger charge is -2.39. The Bertz CT molecular complexity index is 623. The van der Waals surface area contributed by atoms with Crippen molar-refractivity contribution in [2.24, 2.45) is 11.7 Å². The minimum Gasteiger partial charge on any atom is -0.381 e. The molecule has 2 N–H and O–H groups in total. The Hall–Kier alpha value is -1.46. The summed E-state index contributed by atoms with van der Waals surface area (Å²) in [7, 11) is 0. The molecule has 124 valence electrons. The first-order valence-corrected chi connectivity index (χ1v) is 8.56. The summed E-state index contributed by atoms with van der Waals surface area (Å²) in [6.07, 6.45) is 4.65. The largest absolute Gasteiger partial charge is 0.381 e. The minimum atomic E-state index is -0.523. The Labute approximate surface area is 135 Å². The standard InChI is InChI=1S/C18H23FN2O2/c19-13-3-1-4-14-15(13)18(7-2-8-18)11-21(14)17(22)16(20)12-5-9-23-10-6-12/h1,3-4,12,16H,2,5-11,20H2. The van der Waals surface area contributed by atoms with Crippen LogP contribution >= 0.6 is 0 Å². The van der Waals surface area contributed by atoms with Gasteiger partial charge in [0, 0.05) is 30.7 Å². The van der Waals surface area contributed by atoms with Crippen LogP contribution < -0.4 is 10.6 Å². The van der Waals surface area contributed by atoms with E-state index in [-0.39, 0.29) is 23.1 Å². The number of halogens is 1. The number of carbonyl (C=O) groups is 1. The van der Waals surface area contributed by atoms with Crippen LogP contribution in [0.1, 0.15) is 37.7 Å². The first-order chi connectivity index (χ1) is 11.1. The van der Waals surface area contributed by atoms with Crippen molar-refractivity contribution in [3.63, 3.8) is 0 Å². The van der Waals surface area contributed by atoms with E-state index in [0.717, 1.165) is 43.4 Å². The first kappa shape index (κ1) is 15.1. The number of rotatable bonds is 2. The molecule has 4 nitrogen and oxygen atoms in total. The minimum absolute atomic E-state index is 0.0625. The van der Waals surface area contributed by atoms with Gasteiger partial charge in [-0.1, -0.05) is 12.5 Å². The molecule has 1 aromatic carbocycles. The molecule has 2 aliphatic heterocycles. The van der Waals surface area contributed by atoms with Crippen LogP contribution in [0, 0.1) is 11.7 Å². The Morgan fingerprint density at radius 2 is 2.09 bits per heavy atom. The molecule has 1 atom stereocenters. The van der Waals surface area contributed by atoms with E-state index in [4.69, 9.17) is 10.5 Å². The first-order valence-electron chi connectivity index (χ1n) is 8.56. The van der Waals surface area contributed by atoms with E-state index in [2.05, 4.69) is 0 Å². The number of amides is 1. The van der Waals surface area contributed by atoms with E-state index in [1.165, 1.54) is 6.07 Å². The van der Waals surface area contributed by atoms with Crippen molar-refractivity contribution < 1.29 is 13.9 Å². The van der Waals surface area contributed by atoms with Gasteiger partial charge >= 0.3 is 0 Å². The second-order valence-corrected chi connectivity index (χ2v) is 7.17. The van der Waals surface area contributed by atoms with Gasteiger partial charge in [0.25, 0.3) is 0 Å². The van der Waals surface area contributed by atoms with Crippen molar-refractivity contribution in [3.8, 4) is 0 Å². The SMILES string of the molecule is NC(C(=O)N1CC2(CCC2)c2c(F)cccc21)C1CCOCC1. The zero-order valence-electron chi connectivity index (χ0n) is 13.3. The van der Waals surface area contributed by atoms with Crippen LogP contribution in [0.25, 0.3) is 0 Å². The van der Waals surface area contributed by atoms with Gasteiger partial charge in [-0.05, 0) is 43.7 Å². The highest BCUT2D eigenvalue weighted by molar-refractivity contribution is 6.00. The number of nitrogens with zero attached hydrogens (tertiary/aromatic N) is 1. The monoisotopic (exact) mass is 318 g/mol. The average Bonchev–Trinajstić information content (AvgIpc) is 2.91. The van der Waals surface area contributed by atoms with Gasteiger partial charge < -0.3 is 15.4 Å². The predicted molar refractivity (Wildman–Crippen MR) is 85.8 cm³/mol. The number of hydrogen-bond acceptors (Lipinski definition) is 3. The van der Waals surface area contributed by atoms with Crippen LogP contribution in [-0.4, -0.2) is 31.7 Å². The smallest absolute Gasteiger partial charge is 0.244 e. The summed E-state index contributed by atoms with van der Waals surface area (Å²) in [4.78, 5) is 14.7. The Kier molecular flexibility index (Phi) is 3.65. The maximum absolute atomic E-state index is 14.4. The zero-order chi connectivity index (χ0) is 16.0. The van der Waals surface area contributed by atoms with Crippen LogP contribution in [0.3, 0.4) is 0 Å². The van der Waals surface area contributed by atoms with Crippen LogP contribution in [0.2, 0.25) is 0 Å². The Balaban J connectivity index is 1.63. The van der Waals surface area contributed by atoms with Gasteiger partial charge in [0.2, 0.25) is 5.91 Å². The summed E-state index contributed by atoms with van der Waals surface area (Å²) in [6, 6.07) is 4.53. The third-order valence-electron chi connectivity index (χ3n) is 5.91. The maximum Gasteiger partial charge on any atom is 0.244 e. The zero-order valence-corrected chi connectivity index (χ0v) is 13.3. The average molecular weight is 318 g/mol. The third kappa shape index (κ3) is 2.29. The highest BCUT2D eigenvalue weighted by Crippen LogP contribution is 2.53. The number of nitrogens with two attached hydrogens (primary N) is 1. The molecule has 23 heavy (non-hydrogen) atoms. The lowest BCUT2D eigenvalue weighted by molar-refractivity contribution is -0.121. The number of hydrogen-bond donors (Lipinski definition) is 1. The lowest BCUT2D eigenvalue weighted by Crippen LogP contribution is -2.51. The molecule has 1 saturated carbocycles. The van der Waals surface area contributed by atoms with Crippen LogP contribution in [0.4, 0.5) is 10.1 Å². The Morgan fingerprint density at radius 3 is 2.74 bits per heavy atom. The molecule has 1 amide bonds. The molecule has 5 heteroatoms. The number of fused-ring (bicyclic) bond motifs is 2. The predicted octanol–water partition coefficient (Wildman–Crippen LogP) is 2.35. The van der Waals surface area contributed by atoms with E-state index in [0.29, 0.717) is 19.8 Å². The van der Waals surface area contributed by atoms with Gasteiger partial charge in [-0.25, -0.2) is 4.39 Å². The van der Waals surface area contributed by atoms with Crippen LogP contribution in [0.5, 0.6) is 0 Å². The van der Waals surface area contributed by atoms with Crippen molar-refractivity contribution in [2.45, 2.75) is 43.6 Å². The fourth-order valence-electron chi connectivity index (χ4n) is 4.39. The fourth-order valence-corrected chi connectivity index (χ4v) is 4.39. The molecule has 2 fully saturated rings. The summed E-state index contributed by atoms with van der Waals surface area (Å²) in [5.74, 6) is -0.0872. The highest BCUT2D eigenvalue weighted by Gasteiger charge is 2.51. The molecule has 3 aliphatic rings. The molecule has 2 heterocycles. The number of carbonyl (C=O) groups excluding carboxylic acids is 1. The van der Waals surface area contributed by atoms with Crippen molar-refractivity contribution in [2.75, 3.05) is 24.7 Å². The fraction of sp³-hybridized carbons (Fsp3) is 0.611. The molecule has 0 radical (unpaired) electrons. The van der Waals surface area contributed by atoms with Crippen LogP contribution in [0.15, 0.2) is 18.2 Å². The van der Waals surface area contributed by atoms with E-state index in [1.807, 2.05) is 6.07 Å². The summed E-state index contributed by atoms with van der Waals surface area (Å²) in [5, 5.41) is 0. The normalized spacial score (nSPS) is 24.3. The molecule has 1 saturated heterocycles. The van der Waals surface area contributed by atoms with Crippen molar-refractivity contribution in [1.82, 2.24) is 0 Å². The van der Waals surface area contributed by atoms with Gasteiger partial charge in [0.1, 0.15) is 5.82 Å². The second kappa shape index (κ2) is 5.56. The molecule has 1 aliphatic carbocycles. The molecule has 4 rings (SSSR count). The Morgan fingerprint density at radius 1 is 1.35 bits per heavy atom. The summed E-state index contributed by atoms with van der Waals surface area (Å²) in [6.45, 7) is 1.92. The number of benzene rings is 1. The van der Waals surface area contributed by atoms with E-state index < -0.39 is 6.04 Å². The molecular formula is C18H23FN2O2. The van der Waals surface area contributed by atoms with Crippen LogP contribution in [-0.2, 0) is 14.9 Å². The van der Waals surface area contributed by atoms with Crippen molar-refractivity contribution >= 4 is 11.6 Å². The number of ether oxygens (including phenoxy) is 1. The molecule has 0 bridgehead atoms. The summed E-state index contributed by atoms with van der Waals surface area (Å²) < 4.78 is 19.8. The number of anilines is 1. The van der Waals surface area contributed by atoms with E-state index in [9.17, 15) is 9.18 Å². The highest BCUT2D eigenvalue weighted by atomic mass is 19.1. The van der Waals surface area contributed by atoms with E-state index >= 15 is 0 Å². The van der Waals surface area contributed by atoms with Gasteiger partial charge in [-0.2, -0.15) is 0 Å². The third-order valence-corrected chi connectivity index (χ3v) is 5.91. The van der Waals surface area contributed by atoms with Gasteiger partial charge in [-0.15, -0.1) is 0 Å². The quantitative estimate of drug-likeness (QED) is 0.910. The van der Waals surface area contributed by atoms with Crippen molar-refractivity contribution in [1.29, 1.82) is 0 Å². The van der Waals surface area contributed by atoms with Gasteiger partial charge in [0.15, 0.2) is 0 Å². The molecule has 0 aromatic heterocycles. The summed E-state index contributed by atoms with van der Waals surface area (Å²) in [5.41, 5.74) is 7.57. The van der Waals surface area contributed by atoms with Gasteiger partial charge in [0.05, 0.1) is 11.7 Å². The molecule has 1 aromatic rings. The lowest BCUT2D eigenvalue weighted by atomic mass is 9.65. The van der Waals surface area contributed by atoms with Crippen molar-refractivity contribution in [3.05, 3.63) is 29.6 Å². The maximum atomic E-state index is 14.4. The second-order valence-electron chi connectivity index (χ2n) is 7.17. The van der Waals surface area contributed by atoms with Gasteiger partial charge in [-0.3, -0.25) is 4.79 Å². The molecule has 1 unspecified atom stereocenters. The molecule has 1 spiro atoms. The summed E-state index contributed by atoms with van der Waals surface area (Å²) >= 11 is 0. The topological polar surface area (TPSA) is 55.6 Å².